The molecule has 8 aromatic carbocycles. The van der Waals surface area contributed by atoms with Crippen molar-refractivity contribution in [3.05, 3.63) is 315 Å². The molecule has 0 unspecified atom stereocenters. The number of hydrogen-bond acceptors (Lipinski definition) is 22. The normalized spacial score (nSPS) is 11.0. The van der Waals surface area contributed by atoms with Crippen molar-refractivity contribution in [3.8, 4) is 34.8 Å². The Morgan fingerprint density at radius 1 is 0.395 bits per heavy atom. The van der Waals surface area contributed by atoms with Gasteiger partial charge in [0.05, 0.1) is 66.1 Å². The molecule has 0 fully saturated rings. The third-order valence-electron chi connectivity index (χ3n) is 18.4. The minimum Gasteiger partial charge on any atom is -0.508 e. The van der Waals surface area contributed by atoms with Gasteiger partial charge in [0.1, 0.15) is 42.5 Å². The SMILES string of the molecule is COc1cc(CNc2ccsc2C(=O)Nc2ccc(Br)c(C)c2)c2ccccc2n1.COc1cc(CNc2ccsc2C(=O)Nc2ccc(Cl)cc2)c2ccccc2n1.COc1ccc2nccc(CNc3ccsc3C(=O)Nc3ccc(OC(F)(F)F)cc3)c2c1.O=C(Nc1ccc(OC(F)(F)F)cc1)c1sccc1NCc1ccnc2ccc(O)cc12. The van der Waals surface area contributed by atoms with E-state index in [4.69, 9.17) is 25.8 Å². The monoisotopic (exact) mass is 1840 g/mol. The lowest BCUT2D eigenvalue weighted by atomic mass is 10.1. The molecule has 34 heteroatoms. The Bertz CT molecular complexity index is 6460. The van der Waals surface area contributed by atoms with Gasteiger partial charge in [-0.05, 0) is 232 Å². The van der Waals surface area contributed by atoms with E-state index in [0.29, 0.717) is 90.9 Å². The predicted octanol–water partition coefficient (Wildman–Crippen LogP) is 23.9. The Morgan fingerprint density at radius 3 is 1.15 bits per heavy atom. The number of methoxy groups -OCH3 is 3. The number of amides is 4. The van der Waals surface area contributed by atoms with Crippen LogP contribution in [0.1, 0.15) is 66.5 Å². The topological polar surface area (TPSA) is 282 Å². The highest BCUT2D eigenvalue weighted by Crippen LogP contribution is 2.36. The van der Waals surface area contributed by atoms with E-state index in [0.717, 1.165) is 123 Å². The number of aromatic nitrogens is 4. The van der Waals surface area contributed by atoms with E-state index in [1.807, 2.05) is 139 Å². The molecule has 16 aromatic rings. The van der Waals surface area contributed by atoms with Gasteiger partial charge in [0.2, 0.25) is 11.8 Å². The summed E-state index contributed by atoms with van der Waals surface area (Å²) in [4.78, 5) is 70.7. The first-order valence-electron chi connectivity index (χ1n) is 37.4. The van der Waals surface area contributed by atoms with E-state index in [2.05, 4.69) is 87.9 Å². The first kappa shape index (κ1) is 88.2. The number of phenols is 1. The van der Waals surface area contributed by atoms with Crippen LogP contribution < -0.4 is 66.2 Å². The molecule has 0 radical (unpaired) electrons. The zero-order chi connectivity index (χ0) is 87.4. The Kier molecular flexibility index (Phi) is 29.1. The average Bonchev–Trinajstić information content (AvgIpc) is 1.05. The summed E-state index contributed by atoms with van der Waals surface area (Å²) in [7, 11) is 4.81. The van der Waals surface area contributed by atoms with Crippen LogP contribution in [0.3, 0.4) is 0 Å². The van der Waals surface area contributed by atoms with Crippen LogP contribution in [0.4, 0.5) is 71.8 Å². The summed E-state index contributed by atoms with van der Waals surface area (Å²) >= 11 is 14.7. The van der Waals surface area contributed by atoms with Gasteiger partial charge in [-0.1, -0.05) is 63.9 Å². The first-order chi connectivity index (χ1) is 59.8. The number of aryl methyl sites for hydroxylation is 1. The maximum absolute atomic E-state index is 12.8. The average molecular weight is 1840 g/mol. The third kappa shape index (κ3) is 23.8. The first-order valence-corrected chi connectivity index (χ1v) is 42.1. The molecular formula is C90H72BrClF6N12O10S4. The molecule has 0 saturated heterocycles. The highest BCUT2D eigenvalue weighted by molar-refractivity contribution is 9.10. The number of fused-ring (bicyclic) bond motifs is 4. The van der Waals surface area contributed by atoms with Gasteiger partial charge < -0.3 is 71.3 Å². The molecule has 22 nitrogen and oxygen atoms in total. The van der Waals surface area contributed by atoms with Gasteiger partial charge in [0.25, 0.3) is 23.6 Å². The molecule has 0 aliphatic heterocycles. The minimum absolute atomic E-state index is 0.133. The Hall–Kier alpha value is -13.6. The van der Waals surface area contributed by atoms with Gasteiger partial charge in [0.15, 0.2) is 0 Å². The van der Waals surface area contributed by atoms with Crippen molar-refractivity contribution in [1.29, 1.82) is 0 Å². The van der Waals surface area contributed by atoms with Crippen molar-refractivity contribution in [2.24, 2.45) is 0 Å². The van der Waals surface area contributed by atoms with Crippen molar-refractivity contribution >= 4 is 186 Å². The minimum atomic E-state index is -4.78. The standard InChI is InChI=1S/C23H20BrN3O2S.C23H18F3N3O3S.C22H18ClN3O2S.C22H16F3N3O3S/c1-14-11-16(7-8-18(14)24)26-23(28)22-20(9-10-30-22)25-13-15-12-21(29-2)27-19-6-4-3-5-17(15)19;1-31-17-6-7-19-18(12-17)14(8-10-27-19)13-28-20-9-11-33-21(20)22(30)29-15-2-4-16(5-3-15)32-23(24,25)26;1-28-20-12-14(17-4-2-3-5-18(17)26-20)13-24-19-10-11-29-21(19)22(27)25-16-8-6-15(23)7-9-16;23-22(24,25)31-16-4-1-14(2-5-16)28-21(30)20-19(8-10-32-20)27-12-13-7-9-26-18-6-3-15(29)11-17(13)18/h3-12,25H,13H2,1-2H3,(H,26,28);2-12,28H,13H2,1H3,(H,29,30);2-12,24H,13H2,1H3,(H,25,27);1-11,27,29H,12H2,(H,28,30). The lowest BCUT2D eigenvalue weighted by Crippen LogP contribution is -2.17. The van der Waals surface area contributed by atoms with Crippen molar-refractivity contribution in [3.63, 3.8) is 0 Å². The molecule has 4 amide bonds. The summed E-state index contributed by atoms with van der Waals surface area (Å²) in [6, 6.07) is 64.0. The number of anilines is 8. The van der Waals surface area contributed by atoms with Gasteiger partial charge in [-0.2, -0.15) is 0 Å². The highest BCUT2D eigenvalue weighted by Gasteiger charge is 2.32. The summed E-state index contributed by atoms with van der Waals surface area (Å²) in [6.45, 7) is 3.92. The van der Waals surface area contributed by atoms with E-state index in [-0.39, 0.29) is 35.0 Å². The number of alkyl halides is 6. The van der Waals surface area contributed by atoms with Crippen LogP contribution in [0.2, 0.25) is 5.02 Å². The second-order valence-electron chi connectivity index (χ2n) is 26.7. The fourth-order valence-electron chi connectivity index (χ4n) is 12.5. The van der Waals surface area contributed by atoms with Crippen LogP contribution in [-0.2, 0) is 26.2 Å². The molecule has 124 heavy (non-hydrogen) atoms. The number of carbonyl (C=O) groups excluding carboxylic acids is 4. The maximum Gasteiger partial charge on any atom is 0.573 e. The maximum atomic E-state index is 12.8. The number of para-hydroxylation sites is 2. The fraction of sp³-hybridized carbons (Fsp3) is 0.111. The van der Waals surface area contributed by atoms with Gasteiger partial charge in [-0.15, -0.1) is 71.7 Å². The van der Waals surface area contributed by atoms with Crippen LogP contribution in [0, 0.1) is 6.92 Å². The molecule has 0 bridgehead atoms. The Morgan fingerprint density at radius 2 is 0.758 bits per heavy atom. The summed E-state index contributed by atoms with van der Waals surface area (Å²) in [5, 5.41) is 46.1. The fourth-order valence-corrected chi connectivity index (χ4v) is 15.9. The van der Waals surface area contributed by atoms with Gasteiger partial charge >= 0.3 is 12.7 Å². The number of nitrogens with one attached hydrogen (secondary N) is 8. The number of rotatable bonds is 25. The third-order valence-corrected chi connectivity index (χ3v) is 23.2. The molecule has 8 heterocycles. The van der Waals surface area contributed by atoms with Crippen molar-refractivity contribution in [1.82, 2.24) is 19.9 Å². The van der Waals surface area contributed by atoms with E-state index in [9.17, 15) is 50.6 Å². The number of thiophene rings is 4. The number of halogens is 8. The lowest BCUT2D eigenvalue weighted by Gasteiger charge is -2.12. The lowest BCUT2D eigenvalue weighted by molar-refractivity contribution is -0.275. The molecule has 0 saturated carbocycles. The van der Waals surface area contributed by atoms with E-state index in [1.54, 1.807) is 99.1 Å². The number of aromatic hydroxyl groups is 1. The number of phenolic OH excluding ortho intramolecular Hbond substituents is 1. The molecule has 9 N–H and O–H groups in total. The van der Waals surface area contributed by atoms with Crippen molar-refractivity contribution in [2.75, 3.05) is 63.9 Å². The summed E-state index contributed by atoms with van der Waals surface area (Å²) in [5.74, 6) is 0.180. The van der Waals surface area contributed by atoms with Crippen molar-refractivity contribution < 1.29 is 74.3 Å². The summed E-state index contributed by atoms with van der Waals surface area (Å²) < 4.78 is 98.3. The van der Waals surface area contributed by atoms with Crippen LogP contribution >= 0.6 is 72.9 Å². The summed E-state index contributed by atoms with van der Waals surface area (Å²) in [5.41, 5.74) is 13.3. The molecule has 0 spiro atoms. The second kappa shape index (κ2) is 40.9. The molecule has 8 aromatic heterocycles. The smallest absolute Gasteiger partial charge is 0.508 e. The van der Waals surface area contributed by atoms with Crippen LogP contribution in [0.15, 0.2) is 263 Å². The van der Waals surface area contributed by atoms with Crippen LogP contribution in [0.25, 0.3) is 43.6 Å². The van der Waals surface area contributed by atoms with Gasteiger partial charge in [-0.25, -0.2) is 9.97 Å². The van der Waals surface area contributed by atoms with Gasteiger partial charge in [0, 0.05) is 104 Å². The molecule has 16 rings (SSSR count). The zero-order valence-corrected chi connectivity index (χ0v) is 71.3. The van der Waals surface area contributed by atoms with E-state index < -0.39 is 18.6 Å². The summed E-state index contributed by atoms with van der Waals surface area (Å²) in [6.07, 6.45) is -6.15. The van der Waals surface area contributed by atoms with Crippen LogP contribution in [0.5, 0.6) is 34.8 Å². The number of hydrogen-bond donors (Lipinski definition) is 9. The molecular weight excluding hydrogens is 1770 g/mol. The van der Waals surface area contributed by atoms with Crippen LogP contribution in [-0.4, -0.2) is 82.7 Å². The Balaban J connectivity index is 0.000000142. The number of ether oxygens (including phenoxy) is 5. The molecule has 0 aliphatic rings. The largest absolute Gasteiger partial charge is 0.573 e. The van der Waals surface area contributed by atoms with Gasteiger partial charge in [-0.3, -0.25) is 29.1 Å². The van der Waals surface area contributed by atoms with Crippen molar-refractivity contribution in [2.45, 2.75) is 45.8 Å². The van der Waals surface area contributed by atoms with E-state index in [1.165, 1.54) is 69.6 Å². The molecule has 0 aliphatic carbocycles. The number of carbonyl (C=O) groups is 4. The second-order valence-corrected chi connectivity index (χ2v) is 31.7. The number of pyridine rings is 4. The Labute approximate surface area is 734 Å². The zero-order valence-electron chi connectivity index (χ0n) is 65.7. The molecule has 632 valence electrons. The quantitative estimate of drug-likeness (QED) is 0.0240. The predicted molar refractivity (Wildman–Crippen MR) is 483 cm³/mol. The number of benzene rings is 8. The van der Waals surface area contributed by atoms with E-state index >= 15 is 0 Å². The number of nitrogens with zero attached hydrogens (tertiary/aromatic N) is 4. The molecule has 0 atom stereocenters. The highest BCUT2D eigenvalue weighted by atomic mass is 79.9.